The lowest BCUT2D eigenvalue weighted by molar-refractivity contribution is 0.559. The topological polar surface area (TPSA) is 26.3 Å². The Morgan fingerprint density at radius 2 is 1.33 bits per heavy atom. The molecule has 2 aromatic carbocycles. The van der Waals surface area contributed by atoms with Gasteiger partial charge in [0.25, 0.3) is 0 Å². The molecular weight excluding hydrogens is 311 g/mol. The molecule has 18 heavy (non-hydrogen) atoms. The van der Waals surface area contributed by atoms with Crippen LogP contribution in [0.4, 0.5) is 0 Å². The van der Waals surface area contributed by atoms with Crippen LogP contribution in [0.1, 0.15) is 0 Å². The van der Waals surface area contributed by atoms with E-state index >= 15 is 0 Å². The van der Waals surface area contributed by atoms with E-state index in [1.54, 1.807) is 48.5 Å². The minimum atomic E-state index is -3.01. The first-order chi connectivity index (χ1) is 8.47. The van der Waals surface area contributed by atoms with E-state index in [0.29, 0.717) is 20.7 Å². The summed E-state index contributed by atoms with van der Waals surface area (Å²) in [5, 5.41) is 1.13. The third-order valence-corrected chi connectivity index (χ3v) is 4.67. The van der Waals surface area contributed by atoms with Crippen LogP contribution in [-0.2, 0) is 20.0 Å². The van der Waals surface area contributed by atoms with Crippen molar-refractivity contribution in [1.82, 2.24) is 0 Å². The summed E-state index contributed by atoms with van der Waals surface area (Å²) < 4.78 is 17.6. The fourth-order valence-electron chi connectivity index (χ4n) is 1.27. The zero-order valence-electron chi connectivity index (χ0n) is 9.01. The molecule has 2 nitrogen and oxygen atoms in total. The highest BCUT2D eigenvalue weighted by Crippen LogP contribution is 2.22. The Morgan fingerprint density at radius 3 is 1.83 bits per heavy atom. The van der Waals surface area contributed by atoms with E-state index in [1.165, 1.54) is 0 Å². The summed E-state index contributed by atoms with van der Waals surface area (Å²) in [7, 11) is -3.01. The maximum atomic E-state index is 12.3. The van der Waals surface area contributed by atoms with Crippen LogP contribution in [-0.4, -0.2) is 4.21 Å². The molecule has 0 amide bonds. The molecule has 0 spiro atoms. The van der Waals surface area contributed by atoms with E-state index in [0.717, 1.165) is 0 Å². The highest BCUT2D eigenvalue weighted by atomic mass is 35.5. The molecular formula is C12H8Cl2O2S2. The molecule has 1 atom stereocenters. The SMILES string of the molecule is O=S(=S)(Oc1ccc(Cl)cc1)c1ccc(Cl)cc1. The molecule has 6 heteroatoms. The second-order valence-corrected chi connectivity index (χ2v) is 7.18. The van der Waals surface area contributed by atoms with E-state index in [4.69, 9.17) is 38.6 Å². The molecule has 94 valence electrons. The highest BCUT2D eigenvalue weighted by Gasteiger charge is 2.12. The highest BCUT2D eigenvalue weighted by molar-refractivity contribution is 8.30. The summed E-state index contributed by atoms with van der Waals surface area (Å²) in [6.45, 7) is 0. The molecule has 0 N–H and O–H groups in total. The number of rotatable bonds is 3. The summed E-state index contributed by atoms with van der Waals surface area (Å²) in [6.07, 6.45) is 0. The van der Waals surface area contributed by atoms with Crippen molar-refractivity contribution in [2.75, 3.05) is 0 Å². The van der Waals surface area contributed by atoms with E-state index in [2.05, 4.69) is 0 Å². The van der Waals surface area contributed by atoms with Crippen molar-refractivity contribution in [1.29, 1.82) is 0 Å². The molecule has 0 heterocycles. The van der Waals surface area contributed by atoms with Gasteiger partial charge in [0.2, 0.25) is 8.77 Å². The van der Waals surface area contributed by atoms with Crippen LogP contribution in [0.25, 0.3) is 0 Å². The van der Waals surface area contributed by atoms with Gasteiger partial charge < -0.3 is 4.18 Å². The predicted molar refractivity (Wildman–Crippen MR) is 77.3 cm³/mol. The quantitative estimate of drug-likeness (QED) is 0.852. The van der Waals surface area contributed by atoms with Gasteiger partial charge in [0.15, 0.2) is 0 Å². The van der Waals surface area contributed by atoms with Crippen LogP contribution < -0.4 is 4.18 Å². The van der Waals surface area contributed by atoms with E-state index in [9.17, 15) is 4.21 Å². The first-order valence-corrected chi connectivity index (χ1v) is 8.09. The summed E-state index contributed by atoms with van der Waals surface area (Å²) in [6, 6.07) is 12.9. The summed E-state index contributed by atoms with van der Waals surface area (Å²) in [5.74, 6) is 0.411. The third-order valence-electron chi connectivity index (χ3n) is 2.12. The Balaban J connectivity index is 2.27. The second-order valence-electron chi connectivity index (χ2n) is 3.45. The van der Waals surface area contributed by atoms with Crippen molar-refractivity contribution in [3.63, 3.8) is 0 Å². The number of hydrogen-bond acceptors (Lipinski definition) is 3. The monoisotopic (exact) mass is 318 g/mol. The summed E-state index contributed by atoms with van der Waals surface area (Å²) in [4.78, 5) is 0.414. The van der Waals surface area contributed by atoms with E-state index in [-0.39, 0.29) is 0 Å². The molecule has 2 aromatic rings. The van der Waals surface area contributed by atoms with Gasteiger partial charge in [-0.15, -0.1) is 0 Å². The lowest BCUT2D eigenvalue weighted by Gasteiger charge is -2.09. The standard InChI is InChI=1S/C12H8Cl2O2S2/c13-9-1-5-11(6-2-9)16-18(15,17)12-7-3-10(14)4-8-12/h1-8H. The van der Waals surface area contributed by atoms with Gasteiger partial charge in [-0.3, -0.25) is 0 Å². The molecule has 0 saturated carbocycles. The first kappa shape index (κ1) is 13.6. The van der Waals surface area contributed by atoms with Gasteiger partial charge in [-0.2, -0.15) is 0 Å². The van der Waals surface area contributed by atoms with Gasteiger partial charge in [0.05, 0.1) is 4.90 Å². The average Bonchev–Trinajstić information content (AvgIpc) is 2.32. The van der Waals surface area contributed by atoms with Gasteiger partial charge in [0.1, 0.15) is 5.75 Å². The fraction of sp³-hybridized carbons (Fsp3) is 0. The zero-order valence-corrected chi connectivity index (χ0v) is 12.2. The van der Waals surface area contributed by atoms with E-state index < -0.39 is 8.77 Å². The maximum absolute atomic E-state index is 12.3. The van der Waals surface area contributed by atoms with Crippen molar-refractivity contribution in [2.24, 2.45) is 0 Å². The zero-order chi connectivity index (χ0) is 13.2. The summed E-state index contributed by atoms with van der Waals surface area (Å²) in [5.41, 5.74) is 0. The average molecular weight is 319 g/mol. The van der Waals surface area contributed by atoms with Crippen LogP contribution in [0.15, 0.2) is 53.4 Å². The fourth-order valence-corrected chi connectivity index (χ4v) is 3.02. The number of halogens is 2. The normalized spacial score (nSPS) is 13.9. The summed E-state index contributed by atoms with van der Waals surface area (Å²) >= 11 is 16.5. The molecule has 0 saturated heterocycles. The van der Waals surface area contributed by atoms with Crippen LogP contribution >= 0.6 is 23.2 Å². The smallest absolute Gasteiger partial charge is 0.215 e. The minimum absolute atomic E-state index is 0.411. The van der Waals surface area contributed by atoms with Crippen molar-refractivity contribution in [2.45, 2.75) is 4.90 Å². The van der Waals surface area contributed by atoms with Gasteiger partial charge in [-0.1, -0.05) is 23.2 Å². The molecule has 1 unspecified atom stereocenters. The van der Waals surface area contributed by atoms with Gasteiger partial charge >= 0.3 is 0 Å². The Morgan fingerprint density at radius 1 is 0.889 bits per heavy atom. The Hall–Kier alpha value is -0.810. The third kappa shape index (κ3) is 3.36. The lowest BCUT2D eigenvalue weighted by atomic mass is 10.3. The number of hydrogen-bond donors (Lipinski definition) is 0. The van der Waals surface area contributed by atoms with Crippen molar-refractivity contribution in [3.8, 4) is 5.75 Å². The lowest BCUT2D eigenvalue weighted by Crippen LogP contribution is -2.07. The Bertz CT molecular complexity index is 635. The minimum Gasteiger partial charge on any atom is -0.397 e. The second kappa shape index (κ2) is 5.45. The van der Waals surface area contributed by atoms with E-state index in [1.807, 2.05) is 0 Å². The molecule has 0 radical (unpaired) electrons. The maximum Gasteiger partial charge on any atom is 0.215 e. The first-order valence-electron chi connectivity index (χ1n) is 4.93. The van der Waals surface area contributed by atoms with Crippen molar-refractivity contribution in [3.05, 3.63) is 58.6 Å². The van der Waals surface area contributed by atoms with Gasteiger partial charge in [0, 0.05) is 21.2 Å². The van der Waals surface area contributed by atoms with Crippen molar-refractivity contribution >= 4 is 43.2 Å². The predicted octanol–water partition coefficient (Wildman–Crippen LogP) is 4.09. The van der Waals surface area contributed by atoms with Crippen LogP contribution in [0.2, 0.25) is 10.0 Å². The van der Waals surface area contributed by atoms with Crippen molar-refractivity contribution < 1.29 is 8.39 Å². The number of benzene rings is 2. The largest absolute Gasteiger partial charge is 0.397 e. The molecule has 2 rings (SSSR count). The Kier molecular flexibility index (Phi) is 4.12. The molecule has 0 aliphatic carbocycles. The molecule has 0 bridgehead atoms. The van der Waals surface area contributed by atoms with Gasteiger partial charge in [-0.25, -0.2) is 4.21 Å². The molecule has 0 fully saturated rings. The van der Waals surface area contributed by atoms with Crippen LogP contribution in [0, 0.1) is 0 Å². The van der Waals surface area contributed by atoms with Crippen LogP contribution in [0.3, 0.4) is 0 Å². The molecule has 0 aliphatic heterocycles. The molecule has 0 aliphatic rings. The van der Waals surface area contributed by atoms with Crippen LogP contribution in [0.5, 0.6) is 5.75 Å². The van der Waals surface area contributed by atoms with Gasteiger partial charge in [-0.05, 0) is 48.5 Å². The molecule has 0 aromatic heterocycles. The Labute approximate surface area is 120 Å².